The van der Waals surface area contributed by atoms with E-state index in [0.29, 0.717) is 13.1 Å². The summed E-state index contributed by atoms with van der Waals surface area (Å²) in [7, 11) is -1.06. The van der Waals surface area contributed by atoms with E-state index in [2.05, 4.69) is 20.5 Å². The number of sulfone groups is 1. The first-order valence-electron chi connectivity index (χ1n) is 8.24. The Labute approximate surface area is 159 Å². The minimum atomic E-state index is -2.81. The predicted molar refractivity (Wildman–Crippen MR) is 107 cm³/mol. The van der Waals surface area contributed by atoms with Crippen molar-refractivity contribution in [3.05, 3.63) is 29.3 Å². The predicted octanol–water partition coefficient (Wildman–Crippen LogP) is 1.33. The van der Waals surface area contributed by atoms with Gasteiger partial charge in [-0.05, 0) is 24.3 Å². The van der Waals surface area contributed by atoms with Crippen LogP contribution in [0, 0.1) is 0 Å². The van der Waals surface area contributed by atoms with Gasteiger partial charge in [-0.25, -0.2) is 8.42 Å². The zero-order valence-corrected chi connectivity index (χ0v) is 16.8. The monoisotopic (exact) mass is 404 g/mol. The van der Waals surface area contributed by atoms with Gasteiger partial charge in [0.1, 0.15) is 0 Å². The number of rotatable bonds is 7. The van der Waals surface area contributed by atoms with Crippen molar-refractivity contribution in [2.24, 2.45) is 4.99 Å². The summed E-state index contributed by atoms with van der Waals surface area (Å²) >= 11 is 7.63. The maximum Gasteiger partial charge on any atom is 0.191 e. The third kappa shape index (κ3) is 7.85. The number of halogens is 1. The van der Waals surface area contributed by atoms with E-state index in [4.69, 9.17) is 11.6 Å². The molecular weight excluding hydrogens is 380 g/mol. The maximum absolute atomic E-state index is 11.4. The van der Waals surface area contributed by atoms with Crippen LogP contribution in [0.4, 0.5) is 0 Å². The molecule has 0 radical (unpaired) electrons. The lowest BCUT2D eigenvalue weighted by atomic mass is 10.4. The number of nitrogens with one attached hydrogen (secondary N) is 2. The molecule has 0 spiro atoms. The van der Waals surface area contributed by atoms with Gasteiger partial charge in [0.05, 0.1) is 11.5 Å². The topological polar surface area (TPSA) is 73.8 Å². The highest BCUT2D eigenvalue weighted by Gasteiger charge is 2.20. The summed E-state index contributed by atoms with van der Waals surface area (Å²) in [6.45, 7) is 3.59. The molecule has 1 aromatic carbocycles. The van der Waals surface area contributed by atoms with E-state index in [0.717, 1.165) is 36.4 Å². The number of guanidine groups is 1. The van der Waals surface area contributed by atoms with Crippen molar-refractivity contribution in [3.8, 4) is 0 Å². The van der Waals surface area contributed by atoms with E-state index in [-0.39, 0.29) is 11.5 Å². The average molecular weight is 405 g/mol. The van der Waals surface area contributed by atoms with E-state index in [9.17, 15) is 8.42 Å². The van der Waals surface area contributed by atoms with E-state index in [1.54, 1.807) is 18.8 Å². The second-order valence-electron chi connectivity index (χ2n) is 5.72. The molecule has 6 nitrogen and oxygen atoms in total. The summed E-state index contributed by atoms with van der Waals surface area (Å²) in [4.78, 5) is 7.56. The molecule has 0 bridgehead atoms. The van der Waals surface area contributed by atoms with E-state index in [1.807, 2.05) is 24.3 Å². The van der Waals surface area contributed by atoms with Gasteiger partial charge < -0.3 is 10.6 Å². The summed E-state index contributed by atoms with van der Waals surface area (Å²) in [6, 6.07) is 7.81. The Kier molecular flexibility index (Phi) is 8.35. The summed E-state index contributed by atoms with van der Waals surface area (Å²) in [6.07, 6.45) is 0. The second kappa shape index (κ2) is 10.3. The van der Waals surface area contributed by atoms with Crippen LogP contribution in [0.2, 0.25) is 5.02 Å². The molecular formula is C16H25ClN4O2S2. The molecule has 25 heavy (non-hydrogen) atoms. The molecule has 0 aromatic heterocycles. The Balaban J connectivity index is 1.58. The first-order valence-corrected chi connectivity index (χ1v) is 11.4. The maximum atomic E-state index is 11.4. The highest BCUT2D eigenvalue weighted by Crippen LogP contribution is 2.19. The van der Waals surface area contributed by atoms with Crippen LogP contribution in [0.25, 0.3) is 0 Å². The third-order valence-electron chi connectivity index (χ3n) is 3.86. The van der Waals surface area contributed by atoms with Gasteiger partial charge in [0.25, 0.3) is 0 Å². The first-order chi connectivity index (χ1) is 12.0. The van der Waals surface area contributed by atoms with Crippen molar-refractivity contribution in [2.45, 2.75) is 4.90 Å². The fourth-order valence-electron chi connectivity index (χ4n) is 2.40. The summed E-state index contributed by atoms with van der Waals surface area (Å²) in [5.74, 6) is 2.22. The van der Waals surface area contributed by atoms with Gasteiger partial charge in [0, 0.05) is 55.4 Å². The normalized spacial score (nSPS) is 18.1. The fourth-order valence-corrected chi connectivity index (χ4v) is 4.57. The largest absolute Gasteiger partial charge is 0.356 e. The number of thioether (sulfide) groups is 1. The molecule has 1 aliphatic heterocycles. The van der Waals surface area contributed by atoms with Gasteiger partial charge in [-0.15, -0.1) is 11.8 Å². The molecule has 9 heteroatoms. The lowest BCUT2D eigenvalue weighted by Crippen LogP contribution is -2.46. The molecule has 0 saturated carbocycles. The van der Waals surface area contributed by atoms with Crippen molar-refractivity contribution in [3.63, 3.8) is 0 Å². The van der Waals surface area contributed by atoms with Gasteiger partial charge in [-0.3, -0.25) is 9.89 Å². The fraction of sp³-hybridized carbons (Fsp3) is 0.562. The molecule has 140 valence electrons. The summed E-state index contributed by atoms with van der Waals surface area (Å²) in [5, 5.41) is 7.29. The third-order valence-corrected chi connectivity index (χ3v) is 6.73. The number of hydrogen-bond donors (Lipinski definition) is 2. The Morgan fingerprint density at radius 3 is 2.48 bits per heavy atom. The highest BCUT2D eigenvalue weighted by molar-refractivity contribution is 7.99. The quantitative estimate of drug-likeness (QED) is 0.309. The Morgan fingerprint density at radius 2 is 1.84 bits per heavy atom. The van der Waals surface area contributed by atoms with Crippen molar-refractivity contribution in [2.75, 3.05) is 57.0 Å². The molecule has 1 fully saturated rings. The van der Waals surface area contributed by atoms with Gasteiger partial charge >= 0.3 is 0 Å². The van der Waals surface area contributed by atoms with Crippen LogP contribution in [0.5, 0.6) is 0 Å². The first kappa shape index (κ1) is 20.4. The standard InChI is InChI=1S/C16H25ClN4O2S2/c1-18-16(19-6-8-21-9-12-25(22,23)13-10-21)20-7-11-24-15-4-2-14(17)3-5-15/h2-5H,6-13H2,1H3,(H2,18,19,20). The van der Waals surface area contributed by atoms with Crippen molar-refractivity contribution >= 4 is 39.2 Å². The molecule has 1 aromatic rings. The van der Waals surface area contributed by atoms with Crippen LogP contribution >= 0.6 is 23.4 Å². The SMILES string of the molecule is CN=C(NCCSc1ccc(Cl)cc1)NCCN1CCS(=O)(=O)CC1. The van der Waals surface area contributed by atoms with Crippen LogP contribution in [0.1, 0.15) is 0 Å². The second-order valence-corrected chi connectivity index (χ2v) is 9.63. The van der Waals surface area contributed by atoms with Crippen LogP contribution in [-0.2, 0) is 9.84 Å². The smallest absolute Gasteiger partial charge is 0.191 e. The van der Waals surface area contributed by atoms with Crippen molar-refractivity contribution in [1.29, 1.82) is 0 Å². The molecule has 0 aliphatic carbocycles. The van der Waals surface area contributed by atoms with Crippen LogP contribution in [-0.4, -0.2) is 76.3 Å². The molecule has 2 rings (SSSR count). The van der Waals surface area contributed by atoms with Gasteiger partial charge in [-0.2, -0.15) is 0 Å². The number of benzene rings is 1. The minimum Gasteiger partial charge on any atom is -0.356 e. The summed E-state index contributed by atoms with van der Waals surface area (Å²) in [5.41, 5.74) is 0. The number of hydrogen-bond acceptors (Lipinski definition) is 5. The van der Waals surface area contributed by atoms with Crippen LogP contribution < -0.4 is 10.6 Å². The molecule has 1 aliphatic rings. The van der Waals surface area contributed by atoms with Gasteiger partial charge in [0.15, 0.2) is 15.8 Å². The van der Waals surface area contributed by atoms with Crippen LogP contribution in [0.15, 0.2) is 34.2 Å². The van der Waals surface area contributed by atoms with Crippen LogP contribution in [0.3, 0.4) is 0 Å². The Bertz CT molecular complexity index is 651. The summed E-state index contributed by atoms with van der Waals surface area (Å²) < 4.78 is 22.8. The van der Waals surface area contributed by atoms with Crippen molar-refractivity contribution < 1.29 is 8.42 Å². The van der Waals surface area contributed by atoms with E-state index < -0.39 is 9.84 Å². The lowest BCUT2D eigenvalue weighted by molar-refractivity contribution is 0.299. The molecule has 1 saturated heterocycles. The highest BCUT2D eigenvalue weighted by atomic mass is 35.5. The van der Waals surface area contributed by atoms with Gasteiger partial charge in [0.2, 0.25) is 0 Å². The molecule has 0 amide bonds. The van der Waals surface area contributed by atoms with Gasteiger partial charge in [-0.1, -0.05) is 11.6 Å². The number of aliphatic imine (C=N–C) groups is 1. The Morgan fingerprint density at radius 1 is 1.20 bits per heavy atom. The zero-order valence-electron chi connectivity index (χ0n) is 14.4. The molecule has 0 unspecified atom stereocenters. The number of nitrogens with zero attached hydrogens (tertiary/aromatic N) is 2. The zero-order chi connectivity index (χ0) is 18.1. The lowest BCUT2D eigenvalue weighted by Gasteiger charge is -2.26. The molecule has 2 N–H and O–H groups in total. The molecule has 0 atom stereocenters. The Hall–Kier alpha value is -0.960. The minimum absolute atomic E-state index is 0.266. The average Bonchev–Trinajstić information content (AvgIpc) is 2.60. The molecule has 1 heterocycles. The van der Waals surface area contributed by atoms with E-state index in [1.165, 1.54) is 4.90 Å². The van der Waals surface area contributed by atoms with Crippen molar-refractivity contribution in [1.82, 2.24) is 15.5 Å². The van der Waals surface area contributed by atoms with E-state index >= 15 is 0 Å².